The van der Waals surface area contributed by atoms with Gasteiger partial charge in [-0.05, 0) is 33.6 Å². The van der Waals surface area contributed by atoms with Crippen molar-refractivity contribution in [2.45, 2.75) is 55.7 Å². The Morgan fingerprint density at radius 1 is 1.07 bits per heavy atom. The van der Waals surface area contributed by atoms with Gasteiger partial charge in [-0.3, -0.25) is 9.59 Å². The average molecular weight is 429 g/mol. The maximum absolute atomic E-state index is 12.5. The van der Waals surface area contributed by atoms with Crippen LogP contribution in [0, 0.1) is 0 Å². The van der Waals surface area contributed by atoms with Crippen molar-refractivity contribution < 1.29 is 19.1 Å². The topological polar surface area (TPSA) is 96.5 Å². The van der Waals surface area contributed by atoms with Gasteiger partial charge >= 0.3 is 6.09 Å². The van der Waals surface area contributed by atoms with Gasteiger partial charge in [-0.1, -0.05) is 21.3 Å². The van der Waals surface area contributed by atoms with E-state index in [0.717, 1.165) is 0 Å². The standard InChI is InChI=1S/C14H21B5BrN3O4/c1-12(2,3)27-11(26)22-8(5-4-6-21-9(24)7-20)10(25)23-14(18,19)13(15,16)17/h8H,4-7H2,1-3H3,(H,21,24)(H,22,26)(H,23,25)/t8-/m0/s1. The number of ether oxygens (including phenoxy) is 1. The van der Waals surface area contributed by atoms with Crippen LogP contribution in [0.2, 0.25) is 5.11 Å². The molecule has 0 aromatic rings. The monoisotopic (exact) mass is 429 g/mol. The Kier molecular flexibility index (Phi) is 10.1. The van der Waals surface area contributed by atoms with E-state index in [-0.39, 0.29) is 24.2 Å². The fourth-order valence-electron chi connectivity index (χ4n) is 1.70. The first-order valence-corrected chi connectivity index (χ1v) is 9.30. The lowest BCUT2D eigenvalue weighted by atomic mass is 9.26. The molecule has 7 nitrogen and oxygen atoms in total. The van der Waals surface area contributed by atoms with Crippen molar-refractivity contribution in [3.05, 3.63) is 0 Å². The molecule has 13 heteroatoms. The quantitative estimate of drug-likeness (QED) is 0.245. The Labute approximate surface area is 175 Å². The van der Waals surface area contributed by atoms with Crippen LogP contribution in [0.3, 0.4) is 0 Å². The van der Waals surface area contributed by atoms with E-state index in [1.165, 1.54) is 0 Å². The molecule has 0 fully saturated rings. The van der Waals surface area contributed by atoms with Crippen LogP contribution in [0.1, 0.15) is 33.6 Å². The van der Waals surface area contributed by atoms with Gasteiger partial charge in [-0.15, -0.1) is 5.11 Å². The van der Waals surface area contributed by atoms with Gasteiger partial charge in [0.15, 0.2) is 0 Å². The van der Waals surface area contributed by atoms with Gasteiger partial charge in [-0.25, -0.2) is 4.79 Å². The SMILES string of the molecule is [B]C([B])([B])C([B])([B])NC(=O)[C@H](CCCNC(=O)CBr)NC(=O)OC(C)(C)C. The third-order valence-electron chi connectivity index (χ3n) is 3.17. The predicted molar refractivity (Wildman–Crippen MR) is 112 cm³/mol. The minimum Gasteiger partial charge on any atom is -0.444 e. The van der Waals surface area contributed by atoms with Crippen LogP contribution < -0.4 is 16.0 Å². The van der Waals surface area contributed by atoms with Crippen molar-refractivity contribution >= 4 is 73.1 Å². The second kappa shape index (κ2) is 10.5. The number of hydrogen-bond acceptors (Lipinski definition) is 4. The Morgan fingerprint density at radius 2 is 1.63 bits per heavy atom. The molecule has 27 heavy (non-hydrogen) atoms. The summed E-state index contributed by atoms with van der Waals surface area (Å²) in [5.41, 5.74) is -0.763. The van der Waals surface area contributed by atoms with Crippen molar-refractivity contribution in [1.29, 1.82) is 0 Å². The minimum absolute atomic E-state index is 0.149. The lowest BCUT2D eigenvalue weighted by Gasteiger charge is -2.43. The number of amides is 3. The molecule has 0 spiro atoms. The predicted octanol–water partition coefficient (Wildman–Crippen LogP) is -1.14. The highest BCUT2D eigenvalue weighted by Gasteiger charge is 2.34. The zero-order valence-electron chi connectivity index (χ0n) is 15.8. The molecule has 3 amide bonds. The fourth-order valence-corrected chi connectivity index (χ4v) is 1.90. The van der Waals surface area contributed by atoms with E-state index in [0.29, 0.717) is 6.42 Å². The van der Waals surface area contributed by atoms with Crippen LogP contribution in [0.15, 0.2) is 0 Å². The van der Waals surface area contributed by atoms with Crippen molar-refractivity contribution in [3.63, 3.8) is 0 Å². The normalized spacial score (nSPS) is 13.3. The number of alkyl halides is 1. The highest BCUT2D eigenvalue weighted by atomic mass is 79.9. The summed E-state index contributed by atoms with van der Waals surface area (Å²) in [4.78, 5) is 35.7. The van der Waals surface area contributed by atoms with Gasteiger partial charge < -0.3 is 20.7 Å². The van der Waals surface area contributed by atoms with Crippen molar-refractivity contribution in [3.8, 4) is 0 Å². The van der Waals surface area contributed by atoms with Crippen LogP contribution in [0.5, 0.6) is 0 Å². The highest BCUT2D eigenvalue weighted by Crippen LogP contribution is 2.22. The molecule has 0 heterocycles. The molecule has 0 aromatic carbocycles. The first kappa shape index (κ1) is 26.0. The lowest BCUT2D eigenvalue weighted by Crippen LogP contribution is -2.62. The zero-order valence-corrected chi connectivity index (χ0v) is 17.4. The van der Waals surface area contributed by atoms with Gasteiger partial charge in [0.1, 0.15) is 11.6 Å². The Morgan fingerprint density at radius 3 is 2.07 bits per heavy atom. The van der Waals surface area contributed by atoms with E-state index in [4.69, 9.17) is 44.0 Å². The Hall–Kier alpha value is -0.985. The van der Waals surface area contributed by atoms with E-state index >= 15 is 0 Å². The van der Waals surface area contributed by atoms with Gasteiger partial charge in [0.2, 0.25) is 11.8 Å². The van der Waals surface area contributed by atoms with Gasteiger partial charge in [0.05, 0.1) is 44.6 Å². The number of alkyl carbamates (subject to hydrolysis) is 1. The summed E-state index contributed by atoms with van der Waals surface area (Å²) in [5, 5.41) is 3.15. The number of halogens is 1. The minimum atomic E-state index is -2.14. The van der Waals surface area contributed by atoms with E-state index in [1.807, 2.05) is 0 Å². The molecule has 0 unspecified atom stereocenters. The van der Waals surface area contributed by atoms with Crippen molar-refractivity contribution in [2.24, 2.45) is 0 Å². The maximum atomic E-state index is 12.5. The molecular weight excluding hydrogens is 408 g/mol. The molecule has 1 atom stereocenters. The summed E-state index contributed by atoms with van der Waals surface area (Å²) in [7, 11) is 27.6. The molecule has 0 aromatic heterocycles. The van der Waals surface area contributed by atoms with Crippen LogP contribution >= 0.6 is 15.9 Å². The molecule has 138 valence electrons. The van der Waals surface area contributed by atoms with Crippen molar-refractivity contribution in [1.82, 2.24) is 16.0 Å². The lowest BCUT2D eigenvalue weighted by molar-refractivity contribution is -0.123. The van der Waals surface area contributed by atoms with Crippen molar-refractivity contribution in [2.75, 3.05) is 11.9 Å². The third-order valence-corrected chi connectivity index (χ3v) is 3.68. The first-order valence-electron chi connectivity index (χ1n) is 8.17. The summed E-state index contributed by atoms with van der Waals surface area (Å²) in [5.74, 6) is -0.971. The van der Waals surface area contributed by atoms with Crippen LogP contribution in [0.4, 0.5) is 4.79 Å². The molecule has 3 N–H and O–H groups in total. The average Bonchev–Trinajstić information content (AvgIpc) is 2.46. The Balaban J connectivity index is 5.02. The van der Waals surface area contributed by atoms with E-state index < -0.39 is 34.1 Å². The first-order chi connectivity index (χ1) is 12.1. The number of rotatable bonds is 9. The van der Waals surface area contributed by atoms with Gasteiger partial charge in [-0.2, -0.15) is 0 Å². The zero-order chi connectivity index (χ0) is 21.5. The molecule has 0 aliphatic rings. The van der Waals surface area contributed by atoms with E-state index in [1.54, 1.807) is 20.8 Å². The summed E-state index contributed by atoms with van der Waals surface area (Å²) >= 11 is 3.02. The van der Waals surface area contributed by atoms with E-state index in [9.17, 15) is 14.4 Å². The maximum Gasteiger partial charge on any atom is 0.408 e. The highest BCUT2D eigenvalue weighted by molar-refractivity contribution is 9.09. The number of carbonyl (C=O) groups is 3. The van der Waals surface area contributed by atoms with Crippen LogP contribution in [-0.4, -0.2) is 86.0 Å². The molecule has 10 radical (unpaired) electrons. The summed E-state index contributed by atoms with van der Waals surface area (Å²) in [6, 6.07) is -1.07. The van der Waals surface area contributed by atoms with Crippen LogP contribution in [-0.2, 0) is 14.3 Å². The molecule has 0 aliphatic carbocycles. The molecule has 0 bridgehead atoms. The fraction of sp³-hybridized carbons (Fsp3) is 0.786. The smallest absolute Gasteiger partial charge is 0.408 e. The number of nitrogens with one attached hydrogen (secondary N) is 3. The molecule has 0 aliphatic heterocycles. The summed E-state index contributed by atoms with van der Waals surface area (Å²) in [6.07, 6.45) is -0.296. The second-order valence-corrected chi connectivity index (χ2v) is 7.68. The van der Waals surface area contributed by atoms with E-state index in [2.05, 4.69) is 31.9 Å². The Bertz CT molecular complexity index is 538. The summed E-state index contributed by atoms with van der Waals surface area (Å²) < 4.78 is 5.14. The van der Waals surface area contributed by atoms with Gasteiger partial charge in [0, 0.05) is 6.54 Å². The molecular formula is C14H21B5BrN3O4. The second-order valence-electron chi connectivity index (χ2n) is 7.12. The summed E-state index contributed by atoms with van der Waals surface area (Å²) in [6.45, 7) is 5.31. The van der Waals surface area contributed by atoms with Crippen LogP contribution in [0.25, 0.3) is 0 Å². The largest absolute Gasteiger partial charge is 0.444 e. The third kappa shape index (κ3) is 10.8. The molecule has 0 rings (SSSR count). The molecule has 0 saturated heterocycles. The number of hydrogen-bond donors (Lipinski definition) is 3. The van der Waals surface area contributed by atoms with Gasteiger partial charge in [0.25, 0.3) is 0 Å². The number of carbonyl (C=O) groups excluding carboxylic acids is 3. The molecule has 0 saturated carbocycles.